The lowest BCUT2D eigenvalue weighted by Gasteiger charge is -2.31. The SMILES string of the molecule is CC(C)(C)OC(=O)N1CCC[C@H]1CN(CC(=O)C(C=NCc1ccccc1)=CN)C(=O)OCc1ccccc1. The van der Waals surface area contributed by atoms with Crippen LogP contribution in [0.5, 0.6) is 0 Å². The van der Waals surface area contributed by atoms with Crippen LogP contribution in [-0.4, -0.2) is 65.3 Å². The minimum atomic E-state index is -0.652. The van der Waals surface area contributed by atoms with Crippen molar-refractivity contribution in [1.82, 2.24) is 9.80 Å². The second-order valence-electron chi connectivity index (χ2n) is 10.4. The molecule has 208 valence electrons. The number of aliphatic imine (C=N–C) groups is 1. The van der Waals surface area contributed by atoms with Crippen LogP contribution in [0.3, 0.4) is 0 Å². The molecule has 2 N–H and O–H groups in total. The van der Waals surface area contributed by atoms with E-state index in [4.69, 9.17) is 15.2 Å². The lowest BCUT2D eigenvalue weighted by atomic mass is 10.1. The topological polar surface area (TPSA) is 115 Å². The Kier molecular flexibility index (Phi) is 10.7. The van der Waals surface area contributed by atoms with Crippen molar-refractivity contribution < 1.29 is 23.9 Å². The van der Waals surface area contributed by atoms with Crippen LogP contribution in [0.4, 0.5) is 9.59 Å². The zero-order valence-corrected chi connectivity index (χ0v) is 22.9. The molecule has 9 nitrogen and oxygen atoms in total. The number of carbonyl (C=O) groups is 3. The maximum Gasteiger partial charge on any atom is 0.410 e. The van der Waals surface area contributed by atoms with Gasteiger partial charge in [-0.25, -0.2) is 9.59 Å². The number of amides is 2. The number of benzene rings is 2. The number of rotatable bonds is 10. The molecule has 0 spiro atoms. The molecule has 1 aliphatic heterocycles. The minimum Gasteiger partial charge on any atom is -0.445 e. The van der Waals surface area contributed by atoms with E-state index < -0.39 is 17.8 Å². The number of Topliss-reactive ketones (excluding diaryl/α,β-unsaturated/α-hetero) is 1. The Labute approximate surface area is 230 Å². The first-order chi connectivity index (χ1) is 18.7. The normalized spacial score (nSPS) is 15.8. The zero-order valence-electron chi connectivity index (χ0n) is 22.9. The fourth-order valence-electron chi connectivity index (χ4n) is 4.16. The quantitative estimate of drug-likeness (QED) is 0.349. The molecule has 1 aliphatic rings. The molecule has 3 rings (SSSR count). The Morgan fingerprint density at radius 1 is 1.05 bits per heavy atom. The molecule has 1 atom stereocenters. The molecule has 1 heterocycles. The summed E-state index contributed by atoms with van der Waals surface area (Å²) in [6.45, 7) is 6.24. The molecule has 0 aliphatic carbocycles. The van der Waals surface area contributed by atoms with Crippen molar-refractivity contribution in [3.63, 3.8) is 0 Å². The summed E-state index contributed by atoms with van der Waals surface area (Å²) in [5.74, 6) is -0.382. The van der Waals surface area contributed by atoms with E-state index in [1.807, 2.05) is 81.4 Å². The van der Waals surface area contributed by atoms with Crippen LogP contribution in [0.15, 0.2) is 77.4 Å². The van der Waals surface area contributed by atoms with E-state index in [-0.39, 0.29) is 37.1 Å². The first-order valence-electron chi connectivity index (χ1n) is 13.1. The molecule has 39 heavy (non-hydrogen) atoms. The van der Waals surface area contributed by atoms with Gasteiger partial charge in [0.2, 0.25) is 0 Å². The van der Waals surface area contributed by atoms with Crippen LogP contribution in [0.1, 0.15) is 44.7 Å². The zero-order chi connectivity index (χ0) is 28.3. The third-order valence-electron chi connectivity index (χ3n) is 6.08. The van der Waals surface area contributed by atoms with Gasteiger partial charge in [0.15, 0.2) is 5.78 Å². The van der Waals surface area contributed by atoms with E-state index in [1.165, 1.54) is 17.3 Å². The average Bonchev–Trinajstić information content (AvgIpc) is 3.38. The Bertz CT molecular complexity index is 1160. The maximum absolute atomic E-state index is 13.2. The largest absolute Gasteiger partial charge is 0.445 e. The van der Waals surface area contributed by atoms with Gasteiger partial charge in [-0.1, -0.05) is 60.7 Å². The van der Waals surface area contributed by atoms with Gasteiger partial charge in [-0.05, 0) is 44.7 Å². The van der Waals surface area contributed by atoms with Gasteiger partial charge in [0, 0.05) is 25.5 Å². The molecule has 0 saturated carbocycles. The highest BCUT2D eigenvalue weighted by Gasteiger charge is 2.35. The Hall–Kier alpha value is -4.14. The van der Waals surface area contributed by atoms with Crippen LogP contribution >= 0.6 is 0 Å². The summed E-state index contributed by atoms with van der Waals surface area (Å²) in [7, 11) is 0. The predicted molar refractivity (Wildman–Crippen MR) is 150 cm³/mol. The maximum atomic E-state index is 13.2. The van der Waals surface area contributed by atoms with E-state index in [0.29, 0.717) is 19.5 Å². The molecule has 1 saturated heterocycles. The van der Waals surface area contributed by atoms with E-state index >= 15 is 0 Å². The van der Waals surface area contributed by atoms with Gasteiger partial charge in [0.1, 0.15) is 12.2 Å². The third-order valence-corrected chi connectivity index (χ3v) is 6.08. The predicted octanol–water partition coefficient (Wildman–Crippen LogP) is 4.71. The van der Waals surface area contributed by atoms with Crippen LogP contribution < -0.4 is 5.73 Å². The number of hydrogen-bond donors (Lipinski definition) is 1. The summed E-state index contributed by atoms with van der Waals surface area (Å²) in [5.41, 5.74) is 7.10. The van der Waals surface area contributed by atoms with Crippen LogP contribution in [0.2, 0.25) is 0 Å². The first kappa shape index (κ1) is 29.4. The summed E-state index contributed by atoms with van der Waals surface area (Å²) in [5, 5.41) is 0. The highest BCUT2D eigenvalue weighted by molar-refractivity contribution is 6.14. The number of ether oxygens (including phenoxy) is 2. The molecule has 0 aromatic heterocycles. The number of carbonyl (C=O) groups excluding carboxylic acids is 3. The number of ketones is 1. The summed E-state index contributed by atoms with van der Waals surface area (Å²) in [4.78, 5) is 46.5. The lowest BCUT2D eigenvalue weighted by Crippen LogP contribution is -2.48. The van der Waals surface area contributed by atoms with Gasteiger partial charge >= 0.3 is 12.2 Å². The van der Waals surface area contributed by atoms with Crippen molar-refractivity contribution in [1.29, 1.82) is 0 Å². The smallest absolute Gasteiger partial charge is 0.410 e. The highest BCUT2D eigenvalue weighted by Crippen LogP contribution is 2.22. The molecule has 0 unspecified atom stereocenters. The van der Waals surface area contributed by atoms with E-state index in [9.17, 15) is 14.4 Å². The van der Waals surface area contributed by atoms with Crippen molar-refractivity contribution in [3.05, 3.63) is 83.6 Å². The molecule has 1 fully saturated rings. The molecule has 9 heteroatoms. The van der Waals surface area contributed by atoms with Crippen LogP contribution in [-0.2, 0) is 27.4 Å². The van der Waals surface area contributed by atoms with Crippen molar-refractivity contribution in [2.45, 2.75) is 58.4 Å². The third kappa shape index (κ3) is 9.59. The Balaban J connectivity index is 1.71. The molecule has 0 bridgehead atoms. The first-order valence-corrected chi connectivity index (χ1v) is 13.1. The molecule has 0 radical (unpaired) electrons. The van der Waals surface area contributed by atoms with E-state index in [2.05, 4.69) is 4.99 Å². The standard InChI is InChI=1S/C30H38N4O5/c1-30(2,3)39-29(37)34-16-10-15-26(34)20-33(28(36)38-22-24-13-8-5-9-14-24)21-27(35)25(17-31)19-32-18-23-11-6-4-7-12-23/h4-9,11-14,17,19,26H,10,15-16,18,20-22,31H2,1-3H3/t26-/m0/s1. The second-order valence-corrected chi connectivity index (χ2v) is 10.4. The average molecular weight is 535 g/mol. The molecule has 2 aromatic carbocycles. The summed E-state index contributed by atoms with van der Waals surface area (Å²) in [6.07, 6.45) is 2.96. The number of likely N-dealkylation sites (tertiary alicyclic amines) is 1. The van der Waals surface area contributed by atoms with Gasteiger partial charge in [-0.15, -0.1) is 0 Å². The van der Waals surface area contributed by atoms with Gasteiger partial charge in [0.05, 0.1) is 24.7 Å². The van der Waals surface area contributed by atoms with Gasteiger partial charge < -0.3 is 20.1 Å². The highest BCUT2D eigenvalue weighted by atomic mass is 16.6. The monoisotopic (exact) mass is 534 g/mol. The van der Waals surface area contributed by atoms with Gasteiger partial charge in [0.25, 0.3) is 0 Å². The molecule has 2 aromatic rings. The number of nitrogens with two attached hydrogens (primary N) is 1. The minimum absolute atomic E-state index is 0.0585. The van der Waals surface area contributed by atoms with E-state index in [0.717, 1.165) is 17.5 Å². The molecular formula is C30H38N4O5. The molecule has 2 amide bonds. The van der Waals surface area contributed by atoms with Crippen LogP contribution in [0.25, 0.3) is 0 Å². The van der Waals surface area contributed by atoms with Crippen LogP contribution in [0, 0.1) is 0 Å². The molecular weight excluding hydrogens is 496 g/mol. The van der Waals surface area contributed by atoms with Gasteiger partial charge in [-0.3, -0.25) is 14.7 Å². The second kappa shape index (κ2) is 14.1. The lowest BCUT2D eigenvalue weighted by molar-refractivity contribution is -0.116. The van der Waals surface area contributed by atoms with Crippen molar-refractivity contribution in [2.24, 2.45) is 10.7 Å². The Morgan fingerprint density at radius 2 is 1.69 bits per heavy atom. The number of nitrogens with zero attached hydrogens (tertiary/aromatic N) is 3. The van der Waals surface area contributed by atoms with Crippen molar-refractivity contribution in [3.8, 4) is 0 Å². The Morgan fingerprint density at radius 3 is 2.31 bits per heavy atom. The summed E-state index contributed by atoms with van der Waals surface area (Å²) in [6, 6.07) is 18.6. The van der Waals surface area contributed by atoms with E-state index in [1.54, 1.807) is 4.90 Å². The van der Waals surface area contributed by atoms with Crippen molar-refractivity contribution in [2.75, 3.05) is 19.6 Å². The fourth-order valence-corrected chi connectivity index (χ4v) is 4.16. The summed E-state index contributed by atoms with van der Waals surface area (Å²) >= 11 is 0. The van der Waals surface area contributed by atoms with Gasteiger partial charge in [-0.2, -0.15) is 0 Å². The summed E-state index contributed by atoms with van der Waals surface area (Å²) < 4.78 is 11.1. The number of hydrogen-bond acceptors (Lipinski definition) is 7. The van der Waals surface area contributed by atoms with Crippen molar-refractivity contribution >= 4 is 24.2 Å². The fraction of sp³-hybridized carbons (Fsp3) is 0.400.